The van der Waals surface area contributed by atoms with Gasteiger partial charge in [0, 0.05) is 10.7 Å². The highest BCUT2D eigenvalue weighted by Gasteiger charge is 2.19. The van der Waals surface area contributed by atoms with Gasteiger partial charge in [0.1, 0.15) is 18.4 Å². The maximum Gasteiger partial charge on any atom is 0.326 e. The number of urea groups is 1. The molecule has 150 valence electrons. The Hall–Kier alpha value is -2.77. The van der Waals surface area contributed by atoms with E-state index in [1.807, 2.05) is 12.1 Å². The molecule has 0 heterocycles. The molecule has 0 aliphatic rings. The molecule has 2 aromatic carbocycles. The SMILES string of the molecule is NCCCCC(NC(=O)Nc1ccc(OCc2ccc(Cl)cc2)cc1)C(=O)O. The van der Waals surface area contributed by atoms with Gasteiger partial charge in [-0.1, -0.05) is 23.7 Å². The highest BCUT2D eigenvalue weighted by Crippen LogP contribution is 2.18. The lowest BCUT2D eigenvalue weighted by Crippen LogP contribution is -2.43. The monoisotopic (exact) mass is 405 g/mol. The fraction of sp³-hybridized carbons (Fsp3) is 0.300. The van der Waals surface area contributed by atoms with Crippen LogP contribution in [0.25, 0.3) is 0 Å². The highest BCUT2D eigenvalue weighted by atomic mass is 35.5. The molecule has 5 N–H and O–H groups in total. The lowest BCUT2D eigenvalue weighted by Gasteiger charge is -2.15. The maximum atomic E-state index is 12.0. The Bertz CT molecular complexity index is 766. The van der Waals surface area contributed by atoms with Crippen LogP contribution in [0.4, 0.5) is 10.5 Å². The van der Waals surface area contributed by atoms with Crippen LogP contribution >= 0.6 is 11.6 Å². The first kappa shape index (κ1) is 21.5. The van der Waals surface area contributed by atoms with Gasteiger partial charge in [0.25, 0.3) is 0 Å². The number of ether oxygens (including phenoxy) is 1. The van der Waals surface area contributed by atoms with Gasteiger partial charge in [0.05, 0.1) is 0 Å². The summed E-state index contributed by atoms with van der Waals surface area (Å²) in [4.78, 5) is 23.3. The van der Waals surface area contributed by atoms with E-state index >= 15 is 0 Å². The third-order valence-electron chi connectivity index (χ3n) is 3.98. The molecule has 0 spiro atoms. The number of nitrogens with two attached hydrogens (primary N) is 1. The van der Waals surface area contributed by atoms with E-state index in [0.717, 1.165) is 5.56 Å². The number of anilines is 1. The molecule has 8 heteroatoms. The van der Waals surface area contributed by atoms with E-state index in [0.29, 0.717) is 48.9 Å². The second-order valence-electron chi connectivity index (χ2n) is 6.21. The van der Waals surface area contributed by atoms with Crippen LogP contribution in [0.15, 0.2) is 48.5 Å². The minimum atomic E-state index is -1.07. The molecule has 1 atom stereocenters. The number of hydrogen-bond donors (Lipinski definition) is 4. The summed E-state index contributed by atoms with van der Waals surface area (Å²) in [5.74, 6) is -0.427. The van der Waals surface area contributed by atoms with Crippen LogP contribution in [-0.4, -0.2) is 29.7 Å². The van der Waals surface area contributed by atoms with Crippen molar-refractivity contribution >= 4 is 29.3 Å². The fourth-order valence-electron chi connectivity index (χ4n) is 2.46. The van der Waals surface area contributed by atoms with Gasteiger partial charge < -0.3 is 26.2 Å². The molecular formula is C20H24ClN3O4. The number of carboxylic acid groups (broad SMARTS) is 1. The maximum absolute atomic E-state index is 12.0. The van der Waals surface area contributed by atoms with Crippen molar-refractivity contribution in [3.63, 3.8) is 0 Å². The molecule has 0 radical (unpaired) electrons. The summed E-state index contributed by atoms with van der Waals surface area (Å²) in [6.45, 7) is 0.887. The molecule has 0 fully saturated rings. The molecule has 0 bridgehead atoms. The summed E-state index contributed by atoms with van der Waals surface area (Å²) in [6.07, 6.45) is 1.68. The third-order valence-corrected chi connectivity index (χ3v) is 4.23. The Morgan fingerprint density at radius 1 is 1.07 bits per heavy atom. The second kappa shape index (κ2) is 11.2. The zero-order valence-corrected chi connectivity index (χ0v) is 16.1. The van der Waals surface area contributed by atoms with Crippen molar-refractivity contribution in [3.05, 3.63) is 59.1 Å². The Balaban J connectivity index is 1.82. The summed E-state index contributed by atoms with van der Waals surface area (Å²) in [7, 11) is 0. The molecule has 2 rings (SSSR count). The standard InChI is InChI=1S/C20H24ClN3O4/c21-15-6-4-14(5-7-15)13-28-17-10-8-16(9-11-17)23-20(27)24-18(19(25)26)3-1-2-12-22/h4-11,18H,1-3,12-13,22H2,(H,25,26)(H2,23,24,27). The smallest absolute Gasteiger partial charge is 0.326 e. The number of halogens is 1. The van der Waals surface area contributed by atoms with Gasteiger partial charge in [-0.05, 0) is 67.8 Å². The quantitative estimate of drug-likeness (QED) is 0.451. The van der Waals surface area contributed by atoms with Gasteiger partial charge in [0.15, 0.2) is 0 Å². The van der Waals surface area contributed by atoms with E-state index in [1.165, 1.54) is 0 Å². The van der Waals surface area contributed by atoms with Crippen LogP contribution in [0, 0.1) is 0 Å². The molecule has 1 unspecified atom stereocenters. The summed E-state index contributed by atoms with van der Waals surface area (Å²) in [6, 6.07) is 12.6. The largest absolute Gasteiger partial charge is 0.489 e. The van der Waals surface area contributed by atoms with Gasteiger partial charge in [-0.2, -0.15) is 0 Å². The number of carbonyl (C=O) groups is 2. The summed E-state index contributed by atoms with van der Waals surface area (Å²) < 4.78 is 5.68. The zero-order valence-electron chi connectivity index (χ0n) is 15.4. The third kappa shape index (κ3) is 7.46. The number of carboxylic acids is 1. The minimum Gasteiger partial charge on any atom is -0.489 e. The predicted molar refractivity (Wildman–Crippen MR) is 109 cm³/mol. The molecule has 28 heavy (non-hydrogen) atoms. The molecule has 0 aliphatic heterocycles. The number of unbranched alkanes of at least 4 members (excludes halogenated alkanes) is 1. The van der Waals surface area contributed by atoms with Crippen molar-refractivity contribution in [2.45, 2.75) is 31.9 Å². The molecule has 0 aromatic heterocycles. The van der Waals surface area contributed by atoms with Crippen molar-refractivity contribution in [1.29, 1.82) is 0 Å². The fourth-order valence-corrected chi connectivity index (χ4v) is 2.58. The van der Waals surface area contributed by atoms with E-state index in [2.05, 4.69) is 10.6 Å². The molecule has 0 aliphatic carbocycles. The number of benzene rings is 2. The van der Waals surface area contributed by atoms with Crippen molar-refractivity contribution in [3.8, 4) is 5.75 Å². The number of amides is 2. The van der Waals surface area contributed by atoms with Crippen LogP contribution in [0.3, 0.4) is 0 Å². The Morgan fingerprint density at radius 3 is 2.36 bits per heavy atom. The average Bonchev–Trinajstić information content (AvgIpc) is 2.68. The van der Waals surface area contributed by atoms with Crippen molar-refractivity contribution in [1.82, 2.24) is 5.32 Å². The lowest BCUT2D eigenvalue weighted by atomic mass is 10.1. The first-order chi connectivity index (χ1) is 13.5. The van der Waals surface area contributed by atoms with Crippen molar-refractivity contribution in [2.24, 2.45) is 5.73 Å². The molecule has 0 saturated carbocycles. The normalized spacial score (nSPS) is 11.5. The Kier molecular flexibility index (Phi) is 8.58. The van der Waals surface area contributed by atoms with Crippen LogP contribution in [0.2, 0.25) is 5.02 Å². The Labute approximate surface area is 168 Å². The number of carbonyl (C=O) groups excluding carboxylic acids is 1. The summed E-state index contributed by atoms with van der Waals surface area (Å²) in [5.41, 5.74) is 6.92. The van der Waals surface area contributed by atoms with Gasteiger partial charge in [-0.25, -0.2) is 9.59 Å². The lowest BCUT2D eigenvalue weighted by molar-refractivity contribution is -0.139. The van der Waals surface area contributed by atoms with E-state index in [1.54, 1.807) is 36.4 Å². The Morgan fingerprint density at radius 2 is 1.75 bits per heavy atom. The molecular weight excluding hydrogens is 382 g/mol. The van der Waals surface area contributed by atoms with Gasteiger partial charge in [-0.3, -0.25) is 0 Å². The zero-order chi connectivity index (χ0) is 20.4. The number of nitrogens with one attached hydrogen (secondary N) is 2. The topological polar surface area (TPSA) is 114 Å². The summed E-state index contributed by atoms with van der Waals surface area (Å²) in [5, 5.41) is 14.9. The van der Waals surface area contributed by atoms with Gasteiger partial charge in [0.2, 0.25) is 0 Å². The van der Waals surface area contributed by atoms with Crippen molar-refractivity contribution in [2.75, 3.05) is 11.9 Å². The molecule has 0 saturated heterocycles. The number of rotatable bonds is 10. The number of hydrogen-bond acceptors (Lipinski definition) is 4. The van der Waals surface area contributed by atoms with E-state index in [9.17, 15) is 14.7 Å². The first-order valence-corrected chi connectivity index (χ1v) is 9.33. The van der Waals surface area contributed by atoms with E-state index in [4.69, 9.17) is 22.1 Å². The van der Waals surface area contributed by atoms with Crippen LogP contribution in [0.5, 0.6) is 5.75 Å². The van der Waals surface area contributed by atoms with Crippen LogP contribution < -0.4 is 21.1 Å². The second-order valence-corrected chi connectivity index (χ2v) is 6.65. The van der Waals surface area contributed by atoms with Crippen molar-refractivity contribution < 1.29 is 19.4 Å². The average molecular weight is 406 g/mol. The molecule has 2 aromatic rings. The highest BCUT2D eigenvalue weighted by molar-refractivity contribution is 6.30. The van der Waals surface area contributed by atoms with Crippen LogP contribution in [0.1, 0.15) is 24.8 Å². The summed E-state index contributed by atoms with van der Waals surface area (Å²) >= 11 is 5.85. The van der Waals surface area contributed by atoms with E-state index in [-0.39, 0.29) is 0 Å². The van der Waals surface area contributed by atoms with E-state index < -0.39 is 18.0 Å². The molecule has 7 nitrogen and oxygen atoms in total. The number of aliphatic carboxylic acids is 1. The molecule has 2 amide bonds. The van der Waals surface area contributed by atoms with Crippen LogP contribution in [-0.2, 0) is 11.4 Å². The van der Waals surface area contributed by atoms with Gasteiger partial charge >= 0.3 is 12.0 Å². The predicted octanol–water partition coefficient (Wildman–Crippen LogP) is 3.62. The van der Waals surface area contributed by atoms with Gasteiger partial charge in [-0.15, -0.1) is 0 Å². The first-order valence-electron chi connectivity index (χ1n) is 8.95. The minimum absolute atomic E-state index is 0.331.